The van der Waals surface area contributed by atoms with Crippen molar-refractivity contribution in [2.45, 2.75) is 32.7 Å². The molecule has 230 valence electrons. The zero-order valence-electron chi connectivity index (χ0n) is 25.5. The molecule has 9 heteroatoms. The second-order valence-corrected chi connectivity index (χ2v) is 11.9. The van der Waals surface area contributed by atoms with Crippen LogP contribution in [-0.4, -0.2) is 36.0 Å². The lowest BCUT2D eigenvalue weighted by Gasteiger charge is -2.18. The molecule has 2 amide bonds. The number of carbonyl (C=O) groups is 2. The zero-order valence-corrected chi connectivity index (χ0v) is 26.3. The van der Waals surface area contributed by atoms with Gasteiger partial charge in [0.05, 0.1) is 5.69 Å². The van der Waals surface area contributed by atoms with Crippen LogP contribution in [0.3, 0.4) is 0 Å². The third-order valence-electron chi connectivity index (χ3n) is 6.91. The lowest BCUT2D eigenvalue weighted by molar-refractivity contribution is -0.118. The number of benzene rings is 4. The molecule has 0 aliphatic heterocycles. The summed E-state index contributed by atoms with van der Waals surface area (Å²) in [5, 5.41) is 6.14. The van der Waals surface area contributed by atoms with E-state index < -0.39 is 18.0 Å². The van der Waals surface area contributed by atoms with Crippen molar-refractivity contribution in [3.05, 3.63) is 136 Å². The molecule has 0 radical (unpaired) electrons. The van der Waals surface area contributed by atoms with E-state index in [1.807, 2.05) is 106 Å². The van der Waals surface area contributed by atoms with Gasteiger partial charge in [0.15, 0.2) is 5.13 Å². The largest absolute Gasteiger partial charge is 0.489 e. The number of aryl methyl sites for hydroxylation is 1. The Bertz CT molecular complexity index is 1690. The Labute approximate surface area is 267 Å². The molecule has 4 aromatic carbocycles. The summed E-state index contributed by atoms with van der Waals surface area (Å²) in [6.07, 6.45) is -0.712. The molecule has 0 fully saturated rings. The van der Waals surface area contributed by atoms with Crippen LogP contribution in [-0.2, 0) is 29.3 Å². The van der Waals surface area contributed by atoms with E-state index in [1.165, 1.54) is 11.3 Å². The fraction of sp³-hybridized carbons (Fsp3) is 0.194. The Morgan fingerprint density at radius 3 is 2.07 bits per heavy atom. The molecular formula is C36H36N4O4S. The molecular weight excluding hydrogens is 584 g/mol. The molecule has 1 atom stereocenters. The van der Waals surface area contributed by atoms with Gasteiger partial charge in [-0.3, -0.25) is 10.1 Å². The van der Waals surface area contributed by atoms with Gasteiger partial charge < -0.3 is 19.7 Å². The van der Waals surface area contributed by atoms with Gasteiger partial charge >= 0.3 is 6.09 Å². The summed E-state index contributed by atoms with van der Waals surface area (Å²) in [5.74, 6) is 0.203. The van der Waals surface area contributed by atoms with Crippen LogP contribution in [0.1, 0.15) is 33.2 Å². The molecule has 0 aliphatic carbocycles. The summed E-state index contributed by atoms with van der Waals surface area (Å²) in [6, 6.07) is 33.4. The Morgan fingerprint density at radius 1 is 0.822 bits per heavy atom. The van der Waals surface area contributed by atoms with Gasteiger partial charge in [0.2, 0.25) is 0 Å². The maximum atomic E-state index is 13.8. The third-order valence-corrected chi connectivity index (χ3v) is 7.87. The smallest absolute Gasteiger partial charge is 0.408 e. The first kappa shape index (κ1) is 31.4. The van der Waals surface area contributed by atoms with E-state index in [0.29, 0.717) is 29.6 Å². The highest BCUT2D eigenvalue weighted by Crippen LogP contribution is 2.33. The van der Waals surface area contributed by atoms with Crippen LogP contribution in [0, 0.1) is 6.92 Å². The predicted octanol–water partition coefficient (Wildman–Crippen LogP) is 7.37. The van der Waals surface area contributed by atoms with Crippen molar-refractivity contribution in [1.29, 1.82) is 0 Å². The van der Waals surface area contributed by atoms with Crippen LogP contribution in [0.2, 0.25) is 0 Å². The van der Waals surface area contributed by atoms with E-state index in [-0.39, 0.29) is 6.61 Å². The van der Waals surface area contributed by atoms with Crippen molar-refractivity contribution in [2.24, 2.45) is 0 Å². The fourth-order valence-electron chi connectivity index (χ4n) is 4.59. The maximum Gasteiger partial charge on any atom is 0.408 e. The number of carbonyl (C=O) groups excluding carboxylic acids is 2. The lowest BCUT2D eigenvalue weighted by Crippen LogP contribution is -2.37. The van der Waals surface area contributed by atoms with Crippen LogP contribution >= 0.6 is 11.3 Å². The fourth-order valence-corrected chi connectivity index (χ4v) is 5.70. The van der Waals surface area contributed by atoms with E-state index in [9.17, 15) is 9.59 Å². The highest BCUT2D eigenvalue weighted by molar-refractivity contribution is 7.16. The van der Waals surface area contributed by atoms with Gasteiger partial charge in [0, 0.05) is 17.0 Å². The number of amides is 2. The van der Waals surface area contributed by atoms with Crippen molar-refractivity contribution >= 4 is 28.5 Å². The Morgan fingerprint density at radius 2 is 1.44 bits per heavy atom. The number of aromatic nitrogens is 1. The molecule has 8 nitrogen and oxygen atoms in total. The first-order valence-electron chi connectivity index (χ1n) is 14.6. The van der Waals surface area contributed by atoms with Crippen LogP contribution in [0.4, 0.5) is 9.93 Å². The number of nitrogens with zero attached hydrogens (tertiary/aromatic N) is 2. The van der Waals surface area contributed by atoms with Gasteiger partial charge in [-0.05, 0) is 49.8 Å². The van der Waals surface area contributed by atoms with Gasteiger partial charge in [0.25, 0.3) is 5.91 Å². The molecule has 0 unspecified atom stereocenters. The molecule has 0 saturated heterocycles. The minimum Gasteiger partial charge on any atom is -0.489 e. The maximum absolute atomic E-state index is 13.8. The normalized spacial score (nSPS) is 11.6. The molecule has 0 aliphatic rings. The van der Waals surface area contributed by atoms with Crippen molar-refractivity contribution in [3.63, 3.8) is 0 Å². The van der Waals surface area contributed by atoms with Crippen molar-refractivity contribution in [3.8, 4) is 17.0 Å². The summed E-state index contributed by atoms with van der Waals surface area (Å²) in [4.78, 5) is 34.6. The third kappa shape index (κ3) is 9.01. The second kappa shape index (κ2) is 15.1. The number of hydrogen-bond donors (Lipinski definition) is 2. The quantitative estimate of drug-likeness (QED) is 0.151. The molecule has 0 spiro atoms. The van der Waals surface area contributed by atoms with E-state index in [4.69, 9.17) is 14.5 Å². The molecule has 1 aromatic heterocycles. The topological polar surface area (TPSA) is 92.8 Å². The SMILES string of the molecule is Cc1ccc(-c2nc(NC(=O)[C@H](NC(=O)OCc3ccccc3)c3ccc(OCc4ccccc4)cc3)sc2CN(C)C)cc1. The Hall–Kier alpha value is -4.99. The summed E-state index contributed by atoms with van der Waals surface area (Å²) >= 11 is 1.41. The Balaban J connectivity index is 1.35. The number of hydrogen-bond acceptors (Lipinski definition) is 7. The van der Waals surface area contributed by atoms with Gasteiger partial charge in [-0.25, -0.2) is 9.78 Å². The molecule has 5 rings (SSSR count). The summed E-state index contributed by atoms with van der Waals surface area (Å²) in [6.45, 7) is 3.19. The first-order valence-corrected chi connectivity index (χ1v) is 15.4. The summed E-state index contributed by atoms with van der Waals surface area (Å²) in [5.41, 5.74) is 5.40. The molecule has 2 N–H and O–H groups in total. The number of thiazole rings is 1. The highest BCUT2D eigenvalue weighted by atomic mass is 32.1. The van der Waals surface area contributed by atoms with Gasteiger partial charge in [-0.2, -0.15) is 0 Å². The average Bonchev–Trinajstić information content (AvgIpc) is 3.44. The molecule has 1 heterocycles. The average molecular weight is 621 g/mol. The van der Waals surface area contributed by atoms with Gasteiger partial charge in [0.1, 0.15) is 25.0 Å². The lowest BCUT2D eigenvalue weighted by atomic mass is 10.1. The number of nitrogens with one attached hydrogen (secondary N) is 2. The van der Waals surface area contributed by atoms with Gasteiger partial charge in [-0.15, -0.1) is 0 Å². The van der Waals surface area contributed by atoms with E-state index >= 15 is 0 Å². The number of anilines is 1. The van der Waals surface area contributed by atoms with Crippen LogP contribution in [0.15, 0.2) is 109 Å². The predicted molar refractivity (Wildman–Crippen MR) is 178 cm³/mol. The summed E-state index contributed by atoms with van der Waals surface area (Å²) in [7, 11) is 3.98. The number of alkyl carbamates (subject to hydrolysis) is 1. The monoisotopic (exact) mass is 620 g/mol. The van der Waals surface area contributed by atoms with Crippen LogP contribution in [0.25, 0.3) is 11.3 Å². The minimum atomic E-state index is -1.04. The van der Waals surface area contributed by atoms with Crippen LogP contribution < -0.4 is 15.4 Å². The molecule has 0 bridgehead atoms. The van der Waals surface area contributed by atoms with Crippen molar-refractivity contribution in [1.82, 2.24) is 15.2 Å². The first-order chi connectivity index (χ1) is 21.8. The number of rotatable bonds is 12. The van der Waals surface area contributed by atoms with E-state index in [1.54, 1.807) is 24.3 Å². The van der Waals surface area contributed by atoms with Crippen molar-refractivity contribution in [2.75, 3.05) is 19.4 Å². The van der Waals surface area contributed by atoms with E-state index in [0.717, 1.165) is 32.8 Å². The minimum absolute atomic E-state index is 0.0769. The second-order valence-electron chi connectivity index (χ2n) is 10.9. The van der Waals surface area contributed by atoms with Gasteiger partial charge in [-0.1, -0.05) is 114 Å². The number of ether oxygens (including phenoxy) is 2. The molecule has 0 saturated carbocycles. The van der Waals surface area contributed by atoms with Crippen molar-refractivity contribution < 1.29 is 19.1 Å². The van der Waals surface area contributed by atoms with E-state index in [2.05, 4.69) is 15.5 Å². The Kier molecular flexibility index (Phi) is 10.6. The summed E-state index contributed by atoms with van der Waals surface area (Å²) < 4.78 is 11.4. The standard InChI is InChI=1S/C36H36N4O4S/c1-25-14-16-28(17-15-25)32-31(22-40(2)3)45-35(37-32)39-34(41)33(38-36(42)44-24-27-12-8-5-9-13-27)29-18-20-30(21-19-29)43-23-26-10-6-4-7-11-26/h4-21,33H,22-24H2,1-3H3,(H,38,42)(H,37,39,41)/t33-/m1/s1. The zero-order chi connectivity index (χ0) is 31.6. The highest BCUT2D eigenvalue weighted by Gasteiger charge is 2.26. The molecule has 45 heavy (non-hydrogen) atoms. The van der Waals surface area contributed by atoms with Crippen LogP contribution in [0.5, 0.6) is 5.75 Å². The molecule has 5 aromatic rings.